The first kappa shape index (κ1) is 18.6. The largest absolute Gasteiger partial charge is 0.383 e. The van der Waals surface area contributed by atoms with Crippen LogP contribution in [0.5, 0.6) is 0 Å². The molecule has 0 aliphatic heterocycles. The summed E-state index contributed by atoms with van der Waals surface area (Å²) < 4.78 is 45.8. The van der Waals surface area contributed by atoms with E-state index in [9.17, 15) is 12.8 Å². The molecule has 2 rings (SSSR count). The fraction of sp³-hybridized carbons (Fsp3) is 0.438. The molecule has 0 bridgehead atoms. The summed E-state index contributed by atoms with van der Waals surface area (Å²) >= 11 is 0. The number of aryl methyl sites for hydroxylation is 1. The Kier molecular flexibility index (Phi) is 6.09. The van der Waals surface area contributed by atoms with Crippen LogP contribution in [0.15, 0.2) is 35.5 Å². The summed E-state index contributed by atoms with van der Waals surface area (Å²) in [4.78, 5) is 6.88. The van der Waals surface area contributed by atoms with Gasteiger partial charge in [0.05, 0.1) is 12.8 Å². The highest BCUT2D eigenvalue weighted by Crippen LogP contribution is 2.20. The molecule has 0 amide bonds. The lowest BCUT2D eigenvalue weighted by Crippen LogP contribution is -2.40. The van der Waals surface area contributed by atoms with Gasteiger partial charge in [-0.3, -0.25) is 0 Å². The van der Waals surface area contributed by atoms with E-state index in [4.69, 9.17) is 4.74 Å². The lowest BCUT2D eigenvalue weighted by molar-refractivity contribution is 0.138. The fourth-order valence-electron chi connectivity index (χ4n) is 2.40. The average Bonchev–Trinajstić information content (AvgIpc) is 3.02. The molecule has 1 aromatic carbocycles. The molecule has 24 heavy (non-hydrogen) atoms. The first-order valence-electron chi connectivity index (χ1n) is 7.67. The molecule has 0 aliphatic rings. The monoisotopic (exact) mass is 355 g/mol. The number of ether oxygens (including phenoxy) is 1. The zero-order valence-electron chi connectivity index (χ0n) is 14.0. The predicted octanol–water partition coefficient (Wildman–Crippen LogP) is 2.34. The number of sulfonamides is 1. The number of aromatic amines is 1. The van der Waals surface area contributed by atoms with Crippen molar-refractivity contribution in [3.05, 3.63) is 47.7 Å². The molecule has 0 radical (unpaired) electrons. The van der Waals surface area contributed by atoms with Crippen LogP contribution in [-0.4, -0.2) is 42.4 Å². The maximum Gasteiger partial charge on any atom is 0.260 e. The Morgan fingerprint density at radius 2 is 2.17 bits per heavy atom. The van der Waals surface area contributed by atoms with Crippen LogP contribution in [0.1, 0.15) is 25.2 Å². The molecule has 0 saturated carbocycles. The van der Waals surface area contributed by atoms with E-state index in [1.165, 1.54) is 29.7 Å². The van der Waals surface area contributed by atoms with Gasteiger partial charge in [0, 0.05) is 26.1 Å². The first-order valence-corrected chi connectivity index (χ1v) is 9.11. The third-order valence-corrected chi connectivity index (χ3v) is 5.52. The second kappa shape index (κ2) is 7.87. The molecule has 1 unspecified atom stereocenters. The van der Waals surface area contributed by atoms with E-state index in [-0.39, 0.29) is 18.2 Å². The fourth-order valence-corrected chi connectivity index (χ4v) is 3.94. The number of benzene rings is 1. The molecule has 1 heterocycles. The van der Waals surface area contributed by atoms with Gasteiger partial charge in [-0.1, -0.05) is 19.1 Å². The van der Waals surface area contributed by atoms with Crippen LogP contribution in [-0.2, 0) is 27.7 Å². The van der Waals surface area contributed by atoms with Gasteiger partial charge in [-0.25, -0.2) is 17.8 Å². The van der Waals surface area contributed by atoms with Gasteiger partial charge >= 0.3 is 0 Å². The van der Waals surface area contributed by atoms with Crippen molar-refractivity contribution in [2.45, 2.75) is 37.9 Å². The first-order chi connectivity index (χ1) is 11.4. The van der Waals surface area contributed by atoms with Crippen LogP contribution >= 0.6 is 0 Å². The van der Waals surface area contributed by atoms with Crippen LogP contribution in [0.4, 0.5) is 4.39 Å². The number of nitrogens with zero attached hydrogens (tertiary/aromatic N) is 2. The van der Waals surface area contributed by atoms with Gasteiger partial charge in [0.15, 0.2) is 5.03 Å². The van der Waals surface area contributed by atoms with Crippen molar-refractivity contribution in [1.29, 1.82) is 0 Å². The summed E-state index contributed by atoms with van der Waals surface area (Å²) in [5.41, 5.74) is 0.566. The molecule has 8 heteroatoms. The molecule has 1 N–H and O–H groups in total. The minimum atomic E-state index is -3.81. The highest BCUT2D eigenvalue weighted by Gasteiger charge is 2.31. The number of rotatable bonds is 8. The number of nitrogens with one attached hydrogen (secondary N) is 1. The molecule has 132 valence electrons. The topological polar surface area (TPSA) is 75.3 Å². The van der Waals surface area contributed by atoms with E-state index < -0.39 is 21.9 Å². The van der Waals surface area contributed by atoms with E-state index >= 15 is 0 Å². The summed E-state index contributed by atoms with van der Waals surface area (Å²) in [6, 6.07) is 5.48. The number of methoxy groups -OCH3 is 1. The Balaban J connectivity index is 2.37. The van der Waals surface area contributed by atoms with Gasteiger partial charge < -0.3 is 9.72 Å². The molecule has 0 spiro atoms. The molecule has 2 aromatic rings. The van der Waals surface area contributed by atoms with Crippen molar-refractivity contribution >= 4 is 10.0 Å². The Bertz CT molecular complexity index is 776. The third-order valence-electron chi connectivity index (χ3n) is 3.65. The minimum Gasteiger partial charge on any atom is -0.383 e. The van der Waals surface area contributed by atoms with Crippen LogP contribution in [0.3, 0.4) is 0 Å². The van der Waals surface area contributed by atoms with Crippen molar-refractivity contribution in [3.8, 4) is 0 Å². The molecule has 0 aliphatic carbocycles. The maximum absolute atomic E-state index is 13.4. The number of H-pyrrole nitrogens is 1. The highest BCUT2D eigenvalue weighted by molar-refractivity contribution is 7.89. The van der Waals surface area contributed by atoms with Crippen molar-refractivity contribution in [1.82, 2.24) is 14.3 Å². The predicted molar refractivity (Wildman–Crippen MR) is 88.4 cm³/mol. The lowest BCUT2D eigenvalue weighted by Gasteiger charge is -2.27. The molecular formula is C16H22FN3O3S. The van der Waals surface area contributed by atoms with Crippen LogP contribution in [0, 0.1) is 5.82 Å². The molecule has 0 fully saturated rings. The SMILES string of the molecule is CCc1ncc(S(=O)(=O)N(Cc2cccc(F)c2)C(C)COC)[nH]1. The van der Waals surface area contributed by atoms with E-state index in [2.05, 4.69) is 9.97 Å². The molecule has 1 atom stereocenters. The third kappa shape index (κ3) is 4.19. The van der Waals surface area contributed by atoms with E-state index in [1.54, 1.807) is 19.1 Å². The number of halogens is 1. The Hall–Kier alpha value is -1.77. The Labute approximate surface area is 141 Å². The smallest absolute Gasteiger partial charge is 0.260 e. The summed E-state index contributed by atoms with van der Waals surface area (Å²) in [7, 11) is -2.30. The maximum atomic E-state index is 13.4. The second-order valence-corrected chi connectivity index (χ2v) is 7.39. The number of aromatic nitrogens is 2. The van der Waals surface area contributed by atoms with Crippen molar-refractivity contribution in [2.75, 3.05) is 13.7 Å². The number of imidazole rings is 1. The van der Waals surface area contributed by atoms with E-state index in [0.717, 1.165) is 0 Å². The van der Waals surface area contributed by atoms with Gasteiger partial charge in [-0.2, -0.15) is 4.31 Å². The van der Waals surface area contributed by atoms with Gasteiger partial charge in [-0.05, 0) is 24.6 Å². The average molecular weight is 355 g/mol. The summed E-state index contributed by atoms with van der Waals surface area (Å²) in [6.45, 7) is 3.90. The van der Waals surface area contributed by atoms with Crippen molar-refractivity contribution < 1.29 is 17.5 Å². The van der Waals surface area contributed by atoms with Crippen molar-refractivity contribution in [3.63, 3.8) is 0 Å². The lowest BCUT2D eigenvalue weighted by atomic mass is 10.2. The zero-order chi connectivity index (χ0) is 17.7. The van der Waals surface area contributed by atoms with Gasteiger partial charge in [0.25, 0.3) is 10.0 Å². The highest BCUT2D eigenvalue weighted by atomic mass is 32.2. The Morgan fingerprint density at radius 3 is 2.75 bits per heavy atom. The standard InChI is InChI=1S/C16H22FN3O3S/c1-4-15-18-9-16(19-15)24(21,22)20(12(2)11-23-3)10-13-6-5-7-14(17)8-13/h5-9,12H,4,10-11H2,1-3H3,(H,18,19). The van der Waals surface area contributed by atoms with Gasteiger partial charge in [-0.15, -0.1) is 0 Å². The van der Waals surface area contributed by atoms with E-state index in [0.29, 0.717) is 17.8 Å². The van der Waals surface area contributed by atoms with Crippen LogP contribution < -0.4 is 0 Å². The summed E-state index contributed by atoms with van der Waals surface area (Å²) in [5.74, 6) is 0.192. The van der Waals surface area contributed by atoms with Crippen LogP contribution in [0.2, 0.25) is 0 Å². The number of hydrogen-bond acceptors (Lipinski definition) is 4. The quantitative estimate of drug-likeness (QED) is 0.789. The van der Waals surface area contributed by atoms with Gasteiger partial charge in [0.1, 0.15) is 11.6 Å². The Morgan fingerprint density at radius 1 is 1.42 bits per heavy atom. The molecule has 1 aromatic heterocycles. The number of hydrogen-bond donors (Lipinski definition) is 1. The summed E-state index contributed by atoms with van der Waals surface area (Å²) in [6.07, 6.45) is 1.92. The van der Waals surface area contributed by atoms with E-state index in [1.807, 2.05) is 6.92 Å². The summed E-state index contributed by atoms with van der Waals surface area (Å²) in [5, 5.41) is 0.0266. The van der Waals surface area contributed by atoms with Gasteiger partial charge in [0.2, 0.25) is 0 Å². The minimum absolute atomic E-state index is 0.0266. The second-order valence-electron chi connectivity index (χ2n) is 5.53. The molecule has 6 nitrogen and oxygen atoms in total. The molecule has 0 saturated heterocycles. The molecular weight excluding hydrogens is 333 g/mol. The van der Waals surface area contributed by atoms with Crippen LogP contribution in [0.25, 0.3) is 0 Å². The zero-order valence-corrected chi connectivity index (χ0v) is 14.8. The normalized spacial score (nSPS) is 13.4. The van der Waals surface area contributed by atoms with Crippen molar-refractivity contribution in [2.24, 2.45) is 0 Å².